The van der Waals surface area contributed by atoms with E-state index in [4.69, 9.17) is 4.74 Å². The molecular weight excluding hydrogens is 470 g/mol. The number of carboxylic acid groups (broad SMARTS) is 1. The van der Waals surface area contributed by atoms with Gasteiger partial charge in [-0.1, -0.05) is 26.0 Å². The summed E-state index contributed by atoms with van der Waals surface area (Å²) in [5.41, 5.74) is 1.21. The fourth-order valence-corrected chi connectivity index (χ4v) is 3.75. The smallest absolute Gasteiger partial charge is 0.325 e. The van der Waals surface area contributed by atoms with Gasteiger partial charge in [-0.2, -0.15) is 0 Å². The Bertz CT molecular complexity index is 1300. The minimum Gasteiger partial charge on any atom is -0.481 e. The first-order chi connectivity index (χ1) is 17.1. The van der Waals surface area contributed by atoms with Gasteiger partial charge in [0.1, 0.15) is 12.4 Å². The maximum absolute atomic E-state index is 13.3. The number of carbonyl (C=O) groups is 3. The quantitative estimate of drug-likeness (QED) is 0.205. The average molecular weight is 498 g/mol. The average Bonchev–Trinajstić information content (AvgIpc) is 3.17. The van der Waals surface area contributed by atoms with Gasteiger partial charge < -0.3 is 20.5 Å². The van der Waals surface area contributed by atoms with Crippen LogP contribution in [0.4, 0.5) is 11.5 Å². The molecule has 0 aliphatic heterocycles. The number of benzene rings is 1. The van der Waals surface area contributed by atoms with Crippen molar-refractivity contribution in [1.29, 1.82) is 0 Å². The Morgan fingerprint density at radius 2 is 1.97 bits per heavy atom. The summed E-state index contributed by atoms with van der Waals surface area (Å²) in [6.07, 6.45) is 1.79. The maximum Gasteiger partial charge on any atom is 0.325 e. The first-order valence-electron chi connectivity index (χ1n) is 11.2. The van der Waals surface area contributed by atoms with Crippen molar-refractivity contribution >= 4 is 35.0 Å². The number of nitro benzene ring substituents is 1. The fraction of sp³-hybridized carbons (Fsp3) is 0.333. The van der Waals surface area contributed by atoms with Crippen molar-refractivity contribution in [2.45, 2.75) is 32.7 Å². The third-order valence-electron chi connectivity index (χ3n) is 5.36. The van der Waals surface area contributed by atoms with Gasteiger partial charge in [0.2, 0.25) is 0 Å². The van der Waals surface area contributed by atoms with E-state index in [1.165, 1.54) is 31.4 Å². The van der Waals surface area contributed by atoms with Crippen LogP contribution in [0.5, 0.6) is 0 Å². The number of nitro groups is 1. The molecule has 0 fully saturated rings. The predicted octanol–water partition coefficient (Wildman–Crippen LogP) is 2.97. The monoisotopic (exact) mass is 497 g/mol. The number of esters is 1. The number of pyridine rings is 1. The molecule has 3 aromatic rings. The van der Waals surface area contributed by atoms with Crippen LogP contribution in [-0.4, -0.2) is 50.9 Å². The van der Waals surface area contributed by atoms with Crippen molar-refractivity contribution in [1.82, 2.24) is 14.7 Å². The van der Waals surface area contributed by atoms with Gasteiger partial charge in [0.25, 0.3) is 11.6 Å². The van der Waals surface area contributed by atoms with Gasteiger partial charge in [-0.25, -0.2) is 4.98 Å². The maximum atomic E-state index is 13.3. The number of aliphatic carboxylic acids is 1. The van der Waals surface area contributed by atoms with Crippen LogP contribution in [0.3, 0.4) is 0 Å². The van der Waals surface area contributed by atoms with Gasteiger partial charge in [0, 0.05) is 18.3 Å². The van der Waals surface area contributed by atoms with Crippen LogP contribution in [0.2, 0.25) is 0 Å². The molecule has 3 rings (SSSR count). The number of nitrogens with zero attached hydrogens (tertiary/aromatic N) is 3. The number of non-ortho nitro benzene ring substituents is 1. The number of rotatable bonds is 11. The molecule has 0 saturated carbocycles. The van der Waals surface area contributed by atoms with Crippen LogP contribution in [0.15, 0.2) is 42.6 Å². The van der Waals surface area contributed by atoms with Crippen LogP contribution in [0, 0.1) is 16.0 Å². The lowest BCUT2D eigenvalue weighted by Crippen LogP contribution is -2.30. The van der Waals surface area contributed by atoms with E-state index >= 15 is 0 Å². The van der Waals surface area contributed by atoms with Crippen LogP contribution in [0.25, 0.3) is 5.65 Å². The summed E-state index contributed by atoms with van der Waals surface area (Å²) in [5, 5.41) is 26.2. The molecule has 0 aliphatic rings. The van der Waals surface area contributed by atoms with Crippen LogP contribution >= 0.6 is 0 Å². The van der Waals surface area contributed by atoms with Crippen molar-refractivity contribution in [2.24, 2.45) is 5.92 Å². The number of carbonyl (C=O) groups excluding carboxylic acids is 2. The molecule has 0 aliphatic carbocycles. The Morgan fingerprint density at radius 1 is 1.22 bits per heavy atom. The fourth-order valence-electron chi connectivity index (χ4n) is 3.75. The molecule has 2 heterocycles. The molecule has 0 saturated heterocycles. The summed E-state index contributed by atoms with van der Waals surface area (Å²) >= 11 is 0. The van der Waals surface area contributed by atoms with E-state index < -0.39 is 35.2 Å². The molecular formula is C24H27N5O7. The zero-order chi connectivity index (χ0) is 26.4. The van der Waals surface area contributed by atoms with Crippen molar-refractivity contribution in [3.05, 3.63) is 69.5 Å². The number of amides is 1. The van der Waals surface area contributed by atoms with E-state index in [2.05, 4.69) is 15.6 Å². The Balaban J connectivity index is 2.00. The number of hydrogen-bond donors (Lipinski definition) is 3. The van der Waals surface area contributed by atoms with E-state index in [1.807, 2.05) is 13.8 Å². The van der Waals surface area contributed by atoms with Gasteiger partial charge in [-0.3, -0.25) is 28.9 Å². The van der Waals surface area contributed by atoms with Crippen LogP contribution in [0.1, 0.15) is 47.9 Å². The first kappa shape index (κ1) is 26.1. The van der Waals surface area contributed by atoms with Gasteiger partial charge in [-0.05, 0) is 30.0 Å². The SMILES string of the molecule is COC(=O)CNc1c(CC(C)C)nc2c(C(=O)NC(CC(=O)O)c3cccc([N+](=O)[O-])c3)cccn12. The number of nitrogens with one attached hydrogen (secondary N) is 2. The molecule has 1 amide bonds. The van der Waals surface area contributed by atoms with Crippen molar-refractivity contribution in [2.75, 3.05) is 19.0 Å². The second-order valence-corrected chi connectivity index (χ2v) is 8.53. The highest BCUT2D eigenvalue weighted by atomic mass is 16.6. The highest BCUT2D eigenvalue weighted by Gasteiger charge is 2.24. The number of ether oxygens (including phenoxy) is 1. The summed E-state index contributed by atoms with van der Waals surface area (Å²) in [6, 6.07) is 7.63. The molecule has 0 radical (unpaired) electrons. The highest BCUT2D eigenvalue weighted by Crippen LogP contribution is 2.26. The largest absolute Gasteiger partial charge is 0.481 e. The number of hydrogen-bond acceptors (Lipinski definition) is 8. The van der Waals surface area contributed by atoms with Gasteiger partial charge in [0.05, 0.1) is 35.8 Å². The topological polar surface area (TPSA) is 165 Å². The number of carboxylic acids is 1. The van der Waals surface area contributed by atoms with E-state index in [-0.39, 0.29) is 29.3 Å². The van der Waals surface area contributed by atoms with Crippen LogP contribution < -0.4 is 10.6 Å². The molecule has 12 heteroatoms. The predicted molar refractivity (Wildman–Crippen MR) is 130 cm³/mol. The summed E-state index contributed by atoms with van der Waals surface area (Å²) < 4.78 is 6.35. The molecule has 1 unspecified atom stereocenters. The van der Waals surface area contributed by atoms with Crippen molar-refractivity contribution in [3.63, 3.8) is 0 Å². The third-order valence-corrected chi connectivity index (χ3v) is 5.36. The molecule has 1 aromatic carbocycles. The molecule has 0 spiro atoms. The van der Waals surface area contributed by atoms with Crippen molar-refractivity contribution < 1.29 is 29.2 Å². The van der Waals surface area contributed by atoms with E-state index in [1.54, 1.807) is 22.7 Å². The number of aromatic nitrogens is 2. The second kappa shape index (κ2) is 11.3. The molecule has 1 atom stereocenters. The zero-order valence-corrected chi connectivity index (χ0v) is 20.1. The van der Waals surface area contributed by atoms with E-state index in [0.29, 0.717) is 23.6 Å². The Labute approximate surface area is 206 Å². The molecule has 0 bridgehead atoms. The summed E-state index contributed by atoms with van der Waals surface area (Å²) in [7, 11) is 1.28. The lowest BCUT2D eigenvalue weighted by Gasteiger charge is -2.17. The molecule has 36 heavy (non-hydrogen) atoms. The number of anilines is 1. The standard InChI is InChI=1S/C24H27N5O7/c1-14(2)10-19-23(25-13-21(32)36-3)28-9-5-8-17(22(28)26-19)24(33)27-18(12-20(30)31)15-6-4-7-16(11-15)29(34)35/h4-9,11,14,18,25H,10,12-13H2,1-3H3,(H,27,33)(H,30,31). The number of fused-ring (bicyclic) bond motifs is 1. The Morgan fingerprint density at radius 3 is 2.61 bits per heavy atom. The summed E-state index contributed by atoms with van der Waals surface area (Å²) in [5.74, 6) is -1.47. The minimum atomic E-state index is -1.18. The highest BCUT2D eigenvalue weighted by molar-refractivity contribution is 6.00. The second-order valence-electron chi connectivity index (χ2n) is 8.53. The minimum absolute atomic E-state index is 0.0979. The van der Waals surface area contributed by atoms with Crippen molar-refractivity contribution in [3.8, 4) is 0 Å². The lowest BCUT2D eigenvalue weighted by atomic mass is 10.0. The Hall–Kier alpha value is -4.48. The third kappa shape index (κ3) is 6.14. The van der Waals surface area contributed by atoms with E-state index in [0.717, 1.165) is 0 Å². The summed E-state index contributed by atoms with van der Waals surface area (Å²) in [6.45, 7) is 3.92. The van der Waals surface area contributed by atoms with E-state index in [9.17, 15) is 29.6 Å². The molecule has 12 nitrogen and oxygen atoms in total. The first-order valence-corrected chi connectivity index (χ1v) is 11.2. The molecule has 190 valence electrons. The number of methoxy groups -OCH3 is 1. The van der Waals surface area contributed by atoms with Gasteiger partial charge in [0.15, 0.2) is 5.65 Å². The molecule has 2 aromatic heterocycles. The Kier molecular flexibility index (Phi) is 8.20. The number of imidazole rings is 1. The van der Waals surface area contributed by atoms with Crippen LogP contribution in [-0.2, 0) is 20.7 Å². The zero-order valence-electron chi connectivity index (χ0n) is 20.1. The molecule has 3 N–H and O–H groups in total. The summed E-state index contributed by atoms with van der Waals surface area (Å²) in [4.78, 5) is 51.7. The lowest BCUT2D eigenvalue weighted by molar-refractivity contribution is -0.384. The van der Waals surface area contributed by atoms with Gasteiger partial charge >= 0.3 is 11.9 Å². The normalized spacial score (nSPS) is 11.8. The van der Waals surface area contributed by atoms with Gasteiger partial charge in [-0.15, -0.1) is 0 Å².